The van der Waals surface area contributed by atoms with Crippen LogP contribution in [0.3, 0.4) is 0 Å². The smallest absolute Gasteiger partial charge is 0.332 e. The number of aliphatic hydroxyl groups excluding tert-OH is 1. The lowest BCUT2D eigenvalue weighted by Crippen LogP contribution is -2.16. The van der Waals surface area contributed by atoms with Crippen molar-refractivity contribution in [1.82, 2.24) is 19.5 Å². The number of hydrogen-bond acceptors (Lipinski definition) is 6. The number of nitrogens with one attached hydrogen (secondary N) is 1. The van der Waals surface area contributed by atoms with Gasteiger partial charge in [0.15, 0.2) is 17.2 Å². The van der Waals surface area contributed by atoms with Gasteiger partial charge in [-0.15, -0.1) is 0 Å². The molecule has 0 spiro atoms. The molecule has 0 bridgehead atoms. The normalized spacial score (nSPS) is 11.0. The van der Waals surface area contributed by atoms with Crippen molar-refractivity contribution in [3.05, 3.63) is 70.3 Å². The maximum atomic E-state index is 12.7. The summed E-state index contributed by atoms with van der Waals surface area (Å²) < 4.78 is 6.67. The Bertz CT molecular complexity index is 1290. The molecule has 2 aromatic carbocycles. The zero-order valence-corrected chi connectivity index (χ0v) is 15.4. The average molecular weight is 391 g/mol. The van der Waals surface area contributed by atoms with E-state index in [1.807, 2.05) is 0 Å². The molecule has 2 heterocycles. The fourth-order valence-electron chi connectivity index (χ4n) is 3.14. The highest BCUT2D eigenvalue weighted by molar-refractivity contribution is 6.02. The number of carbonyl (C=O) groups excluding carboxylic acids is 1. The highest BCUT2D eigenvalue weighted by atomic mass is 16.5. The number of nitrogens with two attached hydrogens (primary N) is 1. The molecule has 0 saturated carbocycles. The number of fused-ring (bicyclic) bond motifs is 1. The van der Waals surface area contributed by atoms with E-state index in [1.165, 1.54) is 11.7 Å². The number of rotatable bonds is 5. The number of benzene rings is 2. The molecule has 4 rings (SSSR count). The Hall–Kier alpha value is -3.98. The van der Waals surface area contributed by atoms with E-state index >= 15 is 0 Å². The number of hydrogen-bond donors (Lipinski definition) is 3. The van der Waals surface area contributed by atoms with Crippen LogP contribution in [-0.2, 0) is 6.61 Å². The first kappa shape index (κ1) is 18.4. The van der Waals surface area contributed by atoms with Crippen LogP contribution in [0.2, 0.25) is 0 Å². The molecule has 0 radical (unpaired) electrons. The van der Waals surface area contributed by atoms with Gasteiger partial charge in [-0.3, -0.25) is 4.79 Å². The highest BCUT2D eigenvalue weighted by Gasteiger charge is 2.21. The molecule has 1 amide bonds. The summed E-state index contributed by atoms with van der Waals surface area (Å²) in [6, 6.07) is 13.9. The van der Waals surface area contributed by atoms with E-state index in [2.05, 4.69) is 15.0 Å². The number of ether oxygens (including phenoxy) is 1. The molecule has 0 atom stereocenters. The van der Waals surface area contributed by atoms with Crippen molar-refractivity contribution in [2.24, 2.45) is 5.73 Å². The number of primary amides is 1. The summed E-state index contributed by atoms with van der Waals surface area (Å²) in [5.41, 5.74) is 6.90. The number of methoxy groups -OCH3 is 1. The number of aromatic nitrogens is 4. The lowest BCUT2D eigenvalue weighted by molar-refractivity contribution is 0.0997. The number of amides is 1. The number of H-pyrrole nitrogens is 1. The van der Waals surface area contributed by atoms with Crippen molar-refractivity contribution in [2.45, 2.75) is 6.61 Å². The molecule has 29 heavy (non-hydrogen) atoms. The summed E-state index contributed by atoms with van der Waals surface area (Å²) in [5, 5.41) is 9.40. The molecule has 0 unspecified atom stereocenters. The van der Waals surface area contributed by atoms with Gasteiger partial charge in [-0.1, -0.05) is 30.3 Å². The summed E-state index contributed by atoms with van der Waals surface area (Å²) in [6.07, 6.45) is 0. The molecule has 146 valence electrons. The summed E-state index contributed by atoms with van der Waals surface area (Å²) in [5.74, 6) is -0.145. The highest BCUT2D eigenvalue weighted by Crippen LogP contribution is 2.26. The number of nitrogens with zero attached hydrogens (tertiary/aromatic N) is 3. The van der Waals surface area contributed by atoms with Crippen LogP contribution in [0.15, 0.2) is 53.3 Å². The lowest BCUT2D eigenvalue weighted by atomic mass is 10.1. The van der Waals surface area contributed by atoms with Crippen LogP contribution >= 0.6 is 0 Å². The fourth-order valence-corrected chi connectivity index (χ4v) is 3.14. The number of carbonyl (C=O) groups is 1. The molecule has 2 aromatic heterocycles. The van der Waals surface area contributed by atoms with E-state index < -0.39 is 11.6 Å². The Kier molecular flexibility index (Phi) is 4.57. The number of para-hydroxylation sites is 2. The summed E-state index contributed by atoms with van der Waals surface area (Å²) in [7, 11) is 1.49. The van der Waals surface area contributed by atoms with Crippen molar-refractivity contribution in [3.63, 3.8) is 0 Å². The molecule has 0 aliphatic heterocycles. The average Bonchev–Trinajstić information content (AvgIpc) is 3.08. The van der Waals surface area contributed by atoms with Crippen molar-refractivity contribution >= 4 is 17.1 Å². The fraction of sp³-hybridized carbons (Fsp3) is 0.100. The lowest BCUT2D eigenvalue weighted by Gasteiger charge is -2.10. The van der Waals surface area contributed by atoms with Crippen LogP contribution in [0.1, 0.15) is 16.1 Å². The van der Waals surface area contributed by atoms with Gasteiger partial charge in [-0.25, -0.2) is 19.3 Å². The summed E-state index contributed by atoms with van der Waals surface area (Å²) in [6.45, 7) is -0.158. The number of imidazole rings is 1. The van der Waals surface area contributed by atoms with Crippen molar-refractivity contribution in [1.29, 1.82) is 0 Å². The molecule has 0 saturated heterocycles. The molecule has 0 fully saturated rings. The summed E-state index contributed by atoms with van der Waals surface area (Å²) >= 11 is 0. The molecular formula is C20H17N5O4. The van der Waals surface area contributed by atoms with E-state index in [0.29, 0.717) is 22.6 Å². The van der Waals surface area contributed by atoms with Gasteiger partial charge in [0.2, 0.25) is 0 Å². The third kappa shape index (κ3) is 3.13. The van der Waals surface area contributed by atoms with Gasteiger partial charge in [0, 0.05) is 5.56 Å². The number of aliphatic hydroxyl groups is 1. The molecule has 9 heteroatoms. The SMILES string of the molecule is COc1ccccc1-n1c(=O)[nH]c2c(C(N)=O)nc(-c3cccc(CO)c3)nc21. The zero-order valence-electron chi connectivity index (χ0n) is 15.4. The topological polar surface area (TPSA) is 136 Å². The minimum Gasteiger partial charge on any atom is -0.495 e. The van der Waals surface area contributed by atoms with E-state index in [4.69, 9.17) is 10.5 Å². The maximum Gasteiger partial charge on any atom is 0.332 e. The first-order valence-corrected chi connectivity index (χ1v) is 8.69. The second-order valence-corrected chi connectivity index (χ2v) is 6.25. The molecule has 9 nitrogen and oxygen atoms in total. The molecule has 4 aromatic rings. The standard InChI is InChI=1S/C20H17N5O4/c1-29-14-8-3-2-7-13(14)25-19-16(23-20(25)28)15(17(21)27)22-18(24-19)12-6-4-5-11(9-12)10-26/h2-9,26H,10H2,1H3,(H2,21,27)(H,23,28). The van der Waals surface area contributed by atoms with Gasteiger partial charge in [0.1, 0.15) is 11.3 Å². The Morgan fingerprint density at radius 1 is 1.21 bits per heavy atom. The van der Waals surface area contributed by atoms with Crippen LogP contribution in [0, 0.1) is 0 Å². The van der Waals surface area contributed by atoms with Gasteiger partial charge < -0.3 is 20.6 Å². The maximum absolute atomic E-state index is 12.7. The molecular weight excluding hydrogens is 374 g/mol. The van der Waals surface area contributed by atoms with Crippen LogP contribution < -0.4 is 16.2 Å². The first-order valence-electron chi connectivity index (χ1n) is 8.69. The molecule has 0 aliphatic carbocycles. The second kappa shape index (κ2) is 7.21. The first-order chi connectivity index (χ1) is 14.0. The van der Waals surface area contributed by atoms with Crippen LogP contribution in [0.4, 0.5) is 0 Å². The van der Waals surface area contributed by atoms with Gasteiger partial charge in [0.05, 0.1) is 19.4 Å². The van der Waals surface area contributed by atoms with Gasteiger partial charge in [-0.05, 0) is 23.8 Å². The minimum absolute atomic E-state index is 0.106. The van der Waals surface area contributed by atoms with Gasteiger partial charge in [-0.2, -0.15) is 0 Å². The van der Waals surface area contributed by atoms with Gasteiger partial charge in [0.25, 0.3) is 5.91 Å². The molecule has 0 aliphatic rings. The Morgan fingerprint density at radius 3 is 2.72 bits per heavy atom. The van der Waals surface area contributed by atoms with Crippen LogP contribution in [0.25, 0.3) is 28.2 Å². The monoisotopic (exact) mass is 391 g/mol. The predicted octanol–water partition coefficient (Wildman–Crippen LogP) is 1.38. The van der Waals surface area contributed by atoms with E-state index in [9.17, 15) is 14.7 Å². The predicted molar refractivity (Wildman–Crippen MR) is 106 cm³/mol. The Labute approximate surface area is 164 Å². The van der Waals surface area contributed by atoms with Crippen molar-refractivity contribution in [2.75, 3.05) is 7.11 Å². The van der Waals surface area contributed by atoms with Crippen molar-refractivity contribution < 1.29 is 14.6 Å². The zero-order chi connectivity index (χ0) is 20.5. The number of aromatic amines is 1. The van der Waals surface area contributed by atoms with Crippen LogP contribution in [-0.4, -0.2) is 37.6 Å². The quantitative estimate of drug-likeness (QED) is 0.470. The van der Waals surface area contributed by atoms with E-state index in [-0.39, 0.29) is 29.3 Å². The minimum atomic E-state index is -0.801. The van der Waals surface area contributed by atoms with Crippen molar-refractivity contribution in [3.8, 4) is 22.8 Å². The second-order valence-electron chi connectivity index (χ2n) is 6.25. The van der Waals surface area contributed by atoms with E-state index in [0.717, 1.165) is 0 Å². The Morgan fingerprint density at radius 2 is 2.00 bits per heavy atom. The Balaban J connectivity index is 2.06. The third-order valence-corrected chi connectivity index (χ3v) is 4.46. The van der Waals surface area contributed by atoms with Gasteiger partial charge >= 0.3 is 5.69 Å². The summed E-state index contributed by atoms with van der Waals surface area (Å²) in [4.78, 5) is 36.1. The largest absolute Gasteiger partial charge is 0.495 e. The third-order valence-electron chi connectivity index (χ3n) is 4.46. The molecule has 4 N–H and O–H groups in total. The van der Waals surface area contributed by atoms with Crippen LogP contribution in [0.5, 0.6) is 5.75 Å². The van der Waals surface area contributed by atoms with E-state index in [1.54, 1.807) is 48.5 Å².